The Morgan fingerprint density at radius 1 is 1.05 bits per heavy atom. The highest BCUT2D eigenvalue weighted by molar-refractivity contribution is 5.37. The van der Waals surface area contributed by atoms with Crippen LogP contribution in [0.1, 0.15) is 30.9 Å². The molecule has 21 heavy (non-hydrogen) atoms. The number of hydrogen-bond donors (Lipinski definition) is 2. The van der Waals surface area contributed by atoms with Gasteiger partial charge in [-0.05, 0) is 27.7 Å². The summed E-state index contributed by atoms with van der Waals surface area (Å²) in [6, 6.07) is 0.296. The van der Waals surface area contributed by atoms with E-state index in [2.05, 4.69) is 30.7 Å². The summed E-state index contributed by atoms with van der Waals surface area (Å²) in [5.41, 5.74) is 1.85. The van der Waals surface area contributed by atoms with Crippen molar-refractivity contribution in [2.24, 2.45) is 0 Å². The Labute approximate surface area is 123 Å². The minimum Gasteiger partial charge on any atom is -0.464 e. The molecule has 8 nitrogen and oxygen atoms in total. The van der Waals surface area contributed by atoms with E-state index in [1.165, 1.54) is 0 Å². The molecule has 0 unspecified atom stereocenters. The van der Waals surface area contributed by atoms with Crippen molar-refractivity contribution in [1.82, 2.24) is 20.1 Å². The number of aryl methyl sites for hydroxylation is 2. The van der Waals surface area contributed by atoms with E-state index in [-0.39, 0.29) is 0 Å². The van der Waals surface area contributed by atoms with Crippen LogP contribution in [-0.4, -0.2) is 33.3 Å². The summed E-state index contributed by atoms with van der Waals surface area (Å²) in [6.07, 6.45) is 0. The largest absolute Gasteiger partial charge is 0.464 e. The molecule has 2 aromatic rings. The van der Waals surface area contributed by atoms with E-state index in [0.717, 1.165) is 23.6 Å². The topological polar surface area (TPSA) is 98.0 Å². The van der Waals surface area contributed by atoms with Crippen molar-refractivity contribution in [3.05, 3.63) is 17.0 Å². The molecule has 2 N–H and O–H groups in total. The first kappa shape index (κ1) is 15.0. The van der Waals surface area contributed by atoms with Gasteiger partial charge in [0.25, 0.3) is 0 Å². The van der Waals surface area contributed by atoms with E-state index < -0.39 is 0 Å². The van der Waals surface area contributed by atoms with E-state index in [4.69, 9.17) is 9.26 Å². The van der Waals surface area contributed by atoms with Gasteiger partial charge in [0.15, 0.2) is 0 Å². The molecule has 114 valence electrons. The Morgan fingerprint density at radius 2 is 1.76 bits per heavy atom. The van der Waals surface area contributed by atoms with Crippen molar-refractivity contribution in [2.45, 2.75) is 34.2 Å². The smallest absolute Gasteiger partial charge is 0.323 e. The molecule has 0 atom stereocenters. The van der Waals surface area contributed by atoms with Gasteiger partial charge < -0.3 is 19.9 Å². The molecule has 0 amide bonds. The molecule has 0 bridgehead atoms. The fourth-order valence-electron chi connectivity index (χ4n) is 1.79. The molecule has 0 aliphatic rings. The maximum atomic E-state index is 5.34. The highest BCUT2D eigenvalue weighted by Gasteiger charge is 2.11. The molecule has 0 spiro atoms. The summed E-state index contributed by atoms with van der Waals surface area (Å²) in [4.78, 5) is 12.7. The van der Waals surface area contributed by atoms with E-state index in [1.807, 2.05) is 27.7 Å². The maximum absolute atomic E-state index is 5.34. The van der Waals surface area contributed by atoms with Gasteiger partial charge in [0.05, 0.1) is 12.3 Å². The third-order valence-corrected chi connectivity index (χ3v) is 2.83. The van der Waals surface area contributed by atoms with E-state index in [1.54, 1.807) is 0 Å². The van der Waals surface area contributed by atoms with E-state index >= 15 is 0 Å². The van der Waals surface area contributed by atoms with Crippen LogP contribution in [0.5, 0.6) is 6.01 Å². The lowest BCUT2D eigenvalue weighted by Gasteiger charge is -2.09. The summed E-state index contributed by atoms with van der Waals surface area (Å²) >= 11 is 0. The Hall–Kier alpha value is -2.38. The highest BCUT2D eigenvalue weighted by atomic mass is 16.5. The third kappa shape index (κ3) is 3.80. The lowest BCUT2D eigenvalue weighted by molar-refractivity contribution is 0.312. The first-order valence-corrected chi connectivity index (χ1v) is 6.92. The number of aromatic nitrogens is 4. The van der Waals surface area contributed by atoms with E-state index in [9.17, 15) is 0 Å². The third-order valence-electron chi connectivity index (χ3n) is 2.83. The van der Waals surface area contributed by atoms with Crippen LogP contribution in [0.3, 0.4) is 0 Å². The van der Waals surface area contributed by atoms with Crippen LogP contribution < -0.4 is 15.4 Å². The molecule has 0 saturated heterocycles. The van der Waals surface area contributed by atoms with Gasteiger partial charge in [-0.3, -0.25) is 0 Å². The zero-order valence-electron chi connectivity index (χ0n) is 12.7. The van der Waals surface area contributed by atoms with Gasteiger partial charge in [0, 0.05) is 18.7 Å². The second-order valence-electron chi connectivity index (χ2n) is 4.38. The SMILES string of the molecule is CCNc1nc(NCc2c(C)noc2C)nc(OCC)n1. The molecule has 0 aromatic carbocycles. The summed E-state index contributed by atoms with van der Waals surface area (Å²) in [6.45, 7) is 9.38. The number of nitrogens with one attached hydrogen (secondary N) is 2. The van der Waals surface area contributed by atoms with Crippen molar-refractivity contribution >= 4 is 11.9 Å². The normalized spacial score (nSPS) is 10.5. The molecule has 2 heterocycles. The van der Waals surface area contributed by atoms with Gasteiger partial charge in [-0.15, -0.1) is 0 Å². The molecule has 0 saturated carbocycles. The minimum atomic E-state index is 0.296. The standard InChI is InChI=1S/C13H20N6O2/c1-5-14-11-16-12(18-13(17-11)20-6-2)15-7-10-8(3)19-21-9(10)4/h5-7H2,1-4H3,(H2,14,15,16,17,18). The molecule has 2 aromatic heterocycles. The summed E-state index contributed by atoms with van der Waals surface area (Å²) in [7, 11) is 0. The van der Waals surface area contributed by atoms with E-state index in [0.29, 0.717) is 31.1 Å². The zero-order chi connectivity index (χ0) is 15.2. The van der Waals surface area contributed by atoms with Crippen LogP contribution in [-0.2, 0) is 6.54 Å². The second kappa shape index (κ2) is 6.87. The number of nitrogens with zero attached hydrogens (tertiary/aromatic N) is 4. The molecular formula is C13H20N6O2. The van der Waals surface area contributed by atoms with Gasteiger partial charge >= 0.3 is 6.01 Å². The second-order valence-corrected chi connectivity index (χ2v) is 4.38. The molecule has 0 aliphatic carbocycles. The minimum absolute atomic E-state index is 0.296. The molecule has 0 aliphatic heterocycles. The van der Waals surface area contributed by atoms with Crippen LogP contribution in [0.2, 0.25) is 0 Å². The molecule has 0 fully saturated rings. The summed E-state index contributed by atoms with van der Waals surface area (Å²) < 4.78 is 10.5. The molecule has 8 heteroatoms. The Morgan fingerprint density at radius 3 is 2.33 bits per heavy atom. The molecule has 2 rings (SSSR count). The monoisotopic (exact) mass is 292 g/mol. The number of rotatable bonds is 7. The predicted molar refractivity (Wildman–Crippen MR) is 78.5 cm³/mol. The predicted octanol–water partition coefficient (Wildman–Crippen LogP) is 1.92. The fraction of sp³-hybridized carbons (Fsp3) is 0.538. The van der Waals surface area contributed by atoms with Crippen molar-refractivity contribution < 1.29 is 9.26 Å². The van der Waals surface area contributed by atoms with Crippen LogP contribution in [0.15, 0.2) is 4.52 Å². The van der Waals surface area contributed by atoms with Gasteiger partial charge in [0.2, 0.25) is 11.9 Å². The molecular weight excluding hydrogens is 272 g/mol. The number of anilines is 2. The lowest BCUT2D eigenvalue weighted by Crippen LogP contribution is -2.11. The maximum Gasteiger partial charge on any atom is 0.323 e. The number of ether oxygens (including phenoxy) is 1. The summed E-state index contributed by atoms with van der Waals surface area (Å²) in [5.74, 6) is 1.72. The van der Waals surface area contributed by atoms with Crippen molar-refractivity contribution in [3.63, 3.8) is 0 Å². The fourth-order valence-corrected chi connectivity index (χ4v) is 1.79. The van der Waals surface area contributed by atoms with Crippen LogP contribution in [0, 0.1) is 13.8 Å². The van der Waals surface area contributed by atoms with Crippen molar-refractivity contribution in [1.29, 1.82) is 0 Å². The number of hydrogen-bond acceptors (Lipinski definition) is 8. The Bertz CT molecular complexity index is 555. The van der Waals surface area contributed by atoms with Crippen LogP contribution >= 0.6 is 0 Å². The van der Waals surface area contributed by atoms with Crippen LogP contribution in [0.4, 0.5) is 11.9 Å². The first-order chi connectivity index (χ1) is 10.1. The average molecular weight is 292 g/mol. The average Bonchev–Trinajstić information content (AvgIpc) is 2.76. The quantitative estimate of drug-likeness (QED) is 0.798. The Balaban J connectivity index is 2.14. The van der Waals surface area contributed by atoms with Gasteiger partial charge in [-0.25, -0.2) is 0 Å². The van der Waals surface area contributed by atoms with Gasteiger partial charge in [0.1, 0.15) is 5.76 Å². The van der Waals surface area contributed by atoms with Crippen molar-refractivity contribution in [2.75, 3.05) is 23.8 Å². The molecule has 0 radical (unpaired) electrons. The summed E-state index contributed by atoms with van der Waals surface area (Å²) in [5, 5.41) is 10.1. The first-order valence-electron chi connectivity index (χ1n) is 6.92. The highest BCUT2D eigenvalue weighted by Crippen LogP contribution is 2.15. The van der Waals surface area contributed by atoms with Crippen molar-refractivity contribution in [3.8, 4) is 6.01 Å². The van der Waals surface area contributed by atoms with Gasteiger partial charge in [-0.1, -0.05) is 5.16 Å². The van der Waals surface area contributed by atoms with Gasteiger partial charge in [-0.2, -0.15) is 15.0 Å². The Kier molecular flexibility index (Phi) is 4.91. The lowest BCUT2D eigenvalue weighted by atomic mass is 10.2. The van der Waals surface area contributed by atoms with Crippen LogP contribution in [0.25, 0.3) is 0 Å². The zero-order valence-corrected chi connectivity index (χ0v) is 12.7.